The van der Waals surface area contributed by atoms with Crippen LogP contribution in [0.5, 0.6) is 0 Å². The van der Waals surface area contributed by atoms with E-state index in [0.717, 1.165) is 5.56 Å². The lowest BCUT2D eigenvalue weighted by atomic mass is 10.2. The quantitative estimate of drug-likeness (QED) is 0.823. The monoisotopic (exact) mass is 368 g/mol. The number of nitrogens with one attached hydrogen (secondary N) is 1. The van der Waals surface area contributed by atoms with Crippen molar-refractivity contribution in [3.63, 3.8) is 0 Å². The molecular formula is C16H17ClN2O4S. The topological polar surface area (TPSA) is 75.7 Å². The highest BCUT2D eigenvalue weighted by molar-refractivity contribution is 7.89. The number of rotatable bonds is 5. The molecule has 24 heavy (non-hydrogen) atoms. The van der Waals surface area contributed by atoms with Crippen LogP contribution in [0.3, 0.4) is 0 Å². The molecule has 0 saturated carbocycles. The predicted octanol–water partition coefficient (Wildman–Crippen LogP) is 3.08. The molecule has 8 heteroatoms. The molecule has 0 atom stereocenters. The van der Waals surface area contributed by atoms with E-state index in [2.05, 4.69) is 5.32 Å². The molecule has 0 aromatic heterocycles. The number of benzene rings is 2. The van der Waals surface area contributed by atoms with Crippen molar-refractivity contribution in [3.8, 4) is 0 Å². The molecule has 1 amide bonds. The summed E-state index contributed by atoms with van der Waals surface area (Å²) in [5.41, 5.74) is 1.64. The van der Waals surface area contributed by atoms with Gasteiger partial charge in [-0.15, -0.1) is 0 Å². The molecule has 0 aliphatic carbocycles. The van der Waals surface area contributed by atoms with Crippen LogP contribution in [-0.2, 0) is 14.9 Å². The number of anilines is 1. The Morgan fingerprint density at radius 3 is 2.54 bits per heavy atom. The Hall–Kier alpha value is -1.93. The number of hydrogen-bond acceptors (Lipinski definition) is 4. The fourth-order valence-corrected chi connectivity index (χ4v) is 3.21. The molecule has 0 bridgehead atoms. The van der Waals surface area contributed by atoms with E-state index in [4.69, 9.17) is 16.4 Å². The van der Waals surface area contributed by atoms with Gasteiger partial charge < -0.3 is 5.32 Å². The third kappa shape index (κ3) is 3.93. The van der Waals surface area contributed by atoms with E-state index in [9.17, 15) is 13.2 Å². The minimum Gasteiger partial charge on any atom is -0.322 e. The molecule has 1 N–H and O–H groups in total. The Labute approximate surface area is 146 Å². The van der Waals surface area contributed by atoms with E-state index in [1.807, 2.05) is 13.0 Å². The number of amides is 1. The lowest BCUT2D eigenvalue weighted by molar-refractivity contribution is -0.0258. The molecule has 128 valence electrons. The first kappa shape index (κ1) is 18.4. The van der Waals surface area contributed by atoms with Gasteiger partial charge in [-0.1, -0.05) is 28.2 Å². The van der Waals surface area contributed by atoms with Crippen molar-refractivity contribution in [2.24, 2.45) is 0 Å². The molecule has 2 aromatic carbocycles. The number of hydrogen-bond donors (Lipinski definition) is 1. The van der Waals surface area contributed by atoms with E-state index in [0.29, 0.717) is 10.2 Å². The Balaban J connectivity index is 2.37. The Bertz CT molecular complexity index is 868. The van der Waals surface area contributed by atoms with Crippen molar-refractivity contribution in [1.29, 1.82) is 0 Å². The van der Waals surface area contributed by atoms with E-state index in [-0.39, 0.29) is 15.5 Å². The molecule has 0 saturated heterocycles. The second-order valence-electron chi connectivity index (χ2n) is 5.06. The van der Waals surface area contributed by atoms with Gasteiger partial charge in [-0.3, -0.25) is 9.63 Å². The third-order valence-electron chi connectivity index (χ3n) is 3.35. The highest BCUT2D eigenvalue weighted by Gasteiger charge is 2.23. The highest BCUT2D eigenvalue weighted by Crippen LogP contribution is 2.23. The predicted molar refractivity (Wildman–Crippen MR) is 92.5 cm³/mol. The lowest BCUT2D eigenvalue weighted by Crippen LogP contribution is -2.26. The van der Waals surface area contributed by atoms with E-state index >= 15 is 0 Å². The van der Waals surface area contributed by atoms with Gasteiger partial charge >= 0.3 is 0 Å². The van der Waals surface area contributed by atoms with Gasteiger partial charge in [0.1, 0.15) is 0 Å². The molecule has 0 radical (unpaired) electrons. The number of carbonyl (C=O) groups is 1. The number of halogens is 1. The average molecular weight is 369 g/mol. The van der Waals surface area contributed by atoms with Gasteiger partial charge in [0, 0.05) is 12.7 Å². The van der Waals surface area contributed by atoms with Crippen LogP contribution in [0.15, 0.2) is 47.4 Å². The minimum absolute atomic E-state index is 0.0590. The summed E-state index contributed by atoms with van der Waals surface area (Å²) in [6.45, 7) is 1.90. The summed E-state index contributed by atoms with van der Waals surface area (Å²) < 4.78 is 25.3. The van der Waals surface area contributed by atoms with Crippen LogP contribution in [0.25, 0.3) is 0 Å². The van der Waals surface area contributed by atoms with E-state index in [1.54, 1.807) is 18.2 Å². The van der Waals surface area contributed by atoms with Gasteiger partial charge in [0.05, 0.1) is 22.6 Å². The van der Waals surface area contributed by atoms with Crippen LogP contribution in [-0.4, -0.2) is 33.0 Å². The molecular weight excluding hydrogens is 352 g/mol. The van der Waals surface area contributed by atoms with Crippen molar-refractivity contribution in [2.75, 3.05) is 19.5 Å². The summed E-state index contributed by atoms with van der Waals surface area (Å²) in [5, 5.41) is 2.85. The lowest BCUT2D eigenvalue weighted by Gasteiger charge is -2.15. The fraction of sp³-hybridized carbons (Fsp3) is 0.188. The normalized spacial score (nSPS) is 11.5. The zero-order valence-electron chi connectivity index (χ0n) is 13.4. The maximum Gasteiger partial charge on any atom is 0.264 e. The molecule has 6 nitrogen and oxygen atoms in total. The Morgan fingerprint density at radius 1 is 1.21 bits per heavy atom. The summed E-state index contributed by atoms with van der Waals surface area (Å²) in [6.07, 6.45) is 0. The maximum atomic E-state index is 12.4. The standard InChI is InChI=1S/C16H17ClN2O4S/c1-11-5-4-6-12(9-11)18-16(20)14-10-13(7-8-15(14)17)24(21,22)19(2)23-3/h4-10H,1-3H3,(H,18,20). The number of carbonyl (C=O) groups excluding carboxylic acids is 1. The molecule has 0 aliphatic heterocycles. The van der Waals surface area contributed by atoms with Crippen molar-refractivity contribution >= 4 is 33.2 Å². The molecule has 0 spiro atoms. The van der Waals surface area contributed by atoms with Crippen molar-refractivity contribution < 1.29 is 18.0 Å². The SMILES string of the molecule is CON(C)S(=O)(=O)c1ccc(Cl)c(C(=O)Nc2cccc(C)c2)c1. The van der Waals surface area contributed by atoms with E-state index < -0.39 is 15.9 Å². The average Bonchev–Trinajstić information content (AvgIpc) is 2.54. The third-order valence-corrected chi connectivity index (χ3v) is 5.36. The summed E-state index contributed by atoms with van der Waals surface area (Å²) in [7, 11) is -1.37. The minimum atomic E-state index is -3.87. The fourth-order valence-electron chi connectivity index (χ4n) is 2.01. The van der Waals surface area contributed by atoms with Gasteiger partial charge in [0.25, 0.3) is 15.9 Å². The first-order valence-electron chi connectivity index (χ1n) is 6.96. The van der Waals surface area contributed by atoms with Crippen LogP contribution in [0.4, 0.5) is 5.69 Å². The van der Waals surface area contributed by atoms with Gasteiger partial charge in [-0.2, -0.15) is 0 Å². The first-order valence-corrected chi connectivity index (χ1v) is 8.78. The van der Waals surface area contributed by atoms with Crippen LogP contribution >= 0.6 is 11.6 Å². The first-order chi connectivity index (χ1) is 11.3. The number of sulfonamides is 1. The zero-order chi connectivity index (χ0) is 17.9. The van der Waals surface area contributed by atoms with Crippen LogP contribution in [0.1, 0.15) is 15.9 Å². The Morgan fingerprint density at radius 2 is 1.92 bits per heavy atom. The molecule has 0 fully saturated rings. The molecule has 0 aliphatic rings. The van der Waals surface area contributed by atoms with Crippen LogP contribution < -0.4 is 5.32 Å². The number of hydroxylamine groups is 1. The van der Waals surface area contributed by atoms with Crippen LogP contribution in [0.2, 0.25) is 5.02 Å². The highest BCUT2D eigenvalue weighted by atomic mass is 35.5. The van der Waals surface area contributed by atoms with Crippen molar-refractivity contribution in [1.82, 2.24) is 4.47 Å². The summed E-state index contributed by atoms with van der Waals surface area (Å²) in [5.74, 6) is -0.497. The van der Waals surface area contributed by atoms with Gasteiger partial charge in [0.15, 0.2) is 0 Å². The second-order valence-corrected chi connectivity index (χ2v) is 7.41. The molecule has 0 unspecified atom stereocenters. The van der Waals surface area contributed by atoms with Gasteiger partial charge in [-0.05, 0) is 42.8 Å². The largest absolute Gasteiger partial charge is 0.322 e. The molecule has 2 aromatic rings. The van der Waals surface area contributed by atoms with Gasteiger partial charge in [-0.25, -0.2) is 8.42 Å². The number of nitrogens with zero attached hydrogens (tertiary/aromatic N) is 1. The second kappa shape index (κ2) is 7.31. The van der Waals surface area contributed by atoms with Crippen molar-refractivity contribution in [3.05, 3.63) is 58.6 Å². The number of aryl methyl sites for hydroxylation is 1. The summed E-state index contributed by atoms with van der Waals surface area (Å²) in [4.78, 5) is 17.1. The smallest absolute Gasteiger partial charge is 0.264 e. The Kier molecular flexibility index (Phi) is 5.61. The van der Waals surface area contributed by atoms with Gasteiger partial charge in [0.2, 0.25) is 0 Å². The van der Waals surface area contributed by atoms with Crippen LogP contribution in [0, 0.1) is 6.92 Å². The zero-order valence-corrected chi connectivity index (χ0v) is 15.0. The van der Waals surface area contributed by atoms with Crippen molar-refractivity contribution in [2.45, 2.75) is 11.8 Å². The molecule has 2 rings (SSSR count). The maximum absolute atomic E-state index is 12.4. The summed E-state index contributed by atoms with van der Waals surface area (Å²) in [6, 6.07) is 11.1. The van der Waals surface area contributed by atoms with E-state index in [1.165, 1.54) is 32.4 Å². The molecule has 0 heterocycles. The summed E-state index contributed by atoms with van der Waals surface area (Å²) >= 11 is 6.05.